The zero-order valence-corrected chi connectivity index (χ0v) is 29.2. The fourth-order valence-electron chi connectivity index (χ4n) is 8.07. The maximum Gasteiger partial charge on any atom is 0.188 e. The van der Waals surface area contributed by atoms with Crippen LogP contribution in [0.2, 0.25) is 0 Å². The number of furan rings is 3. The van der Waals surface area contributed by atoms with Gasteiger partial charge in [-0.15, -0.1) is 0 Å². The fraction of sp³-hybridized carbons (Fsp3) is 0. The molecule has 4 heteroatoms. The van der Waals surface area contributed by atoms with Crippen LogP contribution < -0.4 is 20.7 Å². The van der Waals surface area contributed by atoms with E-state index in [2.05, 4.69) is 146 Å². The van der Waals surface area contributed by atoms with Gasteiger partial charge in [-0.05, 0) is 45.0 Å². The van der Waals surface area contributed by atoms with Crippen LogP contribution in [-0.4, -0.2) is 8.07 Å². The molecule has 3 heterocycles. The normalized spacial score (nSPS) is 11.8. The van der Waals surface area contributed by atoms with Crippen molar-refractivity contribution in [3.05, 3.63) is 194 Å². The molecule has 0 bridgehead atoms. The van der Waals surface area contributed by atoms with Gasteiger partial charge in [0.15, 0.2) is 8.07 Å². The monoisotopic (exact) mass is 684 g/mol. The highest BCUT2D eigenvalue weighted by atomic mass is 28.3. The van der Waals surface area contributed by atoms with E-state index in [4.69, 9.17) is 13.3 Å². The molecule has 0 saturated carbocycles. The van der Waals surface area contributed by atoms with Crippen LogP contribution in [-0.2, 0) is 0 Å². The average molecular weight is 685 g/mol. The smallest absolute Gasteiger partial charge is 0.188 e. The number of rotatable bonds is 4. The molecule has 3 nitrogen and oxygen atoms in total. The van der Waals surface area contributed by atoms with Crippen LogP contribution in [0.25, 0.3) is 65.8 Å². The topological polar surface area (TPSA) is 39.4 Å². The first-order valence-corrected chi connectivity index (χ1v) is 19.6. The molecule has 3 aromatic heterocycles. The van der Waals surface area contributed by atoms with Crippen molar-refractivity contribution in [2.24, 2.45) is 0 Å². The Kier molecular flexibility index (Phi) is 7.15. The van der Waals surface area contributed by atoms with Gasteiger partial charge in [-0.1, -0.05) is 170 Å². The lowest BCUT2D eigenvalue weighted by atomic mass is 10.1. The molecule has 0 unspecified atom stereocenters. The Morgan fingerprint density at radius 2 is 0.558 bits per heavy atom. The third-order valence-electron chi connectivity index (χ3n) is 10.3. The number of hydrogen-bond donors (Lipinski definition) is 0. The van der Waals surface area contributed by atoms with E-state index in [0.29, 0.717) is 0 Å². The Labute approximate surface area is 301 Å². The van der Waals surface area contributed by atoms with E-state index < -0.39 is 8.07 Å². The summed E-state index contributed by atoms with van der Waals surface area (Å²) in [6.07, 6.45) is 0. The van der Waals surface area contributed by atoms with Gasteiger partial charge in [0, 0.05) is 32.3 Å². The second-order valence-electron chi connectivity index (χ2n) is 13.1. The van der Waals surface area contributed by atoms with E-state index in [9.17, 15) is 0 Å². The molecule has 0 amide bonds. The van der Waals surface area contributed by atoms with Crippen LogP contribution in [0.3, 0.4) is 0 Å². The first-order chi connectivity index (χ1) is 25.8. The minimum absolute atomic E-state index is 0.908. The summed E-state index contributed by atoms with van der Waals surface area (Å²) < 4.78 is 19.1. The highest BCUT2D eigenvalue weighted by Crippen LogP contribution is 2.32. The van der Waals surface area contributed by atoms with E-state index in [1.54, 1.807) is 0 Å². The van der Waals surface area contributed by atoms with Crippen LogP contribution in [0.4, 0.5) is 0 Å². The van der Waals surface area contributed by atoms with Crippen molar-refractivity contribution in [2.45, 2.75) is 0 Å². The lowest BCUT2D eigenvalue weighted by Crippen LogP contribution is -2.75. The molecule has 0 radical (unpaired) electrons. The van der Waals surface area contributed by atoms with Crippen LogP contribution in [0, 0.1) is 0 Å². The van der Waals surface area contributed by atoms with Gasteiger partial charge in [0.25, 0.3) is 0 Å². The SMILES string of the molecule is c1ccc([Si](c2ccccc2)(c2cccc3c2oc2ccccc23)c2cccc3c2oc2ccccc23)cc1.c1ccc2c(c1)oc1ccccc12. The molecule has 11 aromatic rings. The van der Waals surface area contributed by atoms with E-state index >= 15 is 0 Å². The standard InChI is InChI=1S/C36H24O2Si.C12H8O/c1-3-13-25(14-4-1)39(26-15-5-2-6-16-26,33-23-11-19-29-27-17-7-9-21-31(27)37-35(29)33)34-24-12-20-30-28-18-8-10-22-32(28)38-36(30)34;1-3-7-11-9(5-1)10-6-2-4-8-12(10)13-11/h1-24H;1-8H. The number of benzene rings is 8. The molecule has 0 fully saturated rings. The van der Waals surface area contributed by atoms with Crippen molar-refractivity contribution in [1.29, 1.82) is 0 Å². The summed E-state index contributed by atoms with van der Waals surface area (Å²) in [6, 6.07) is 68.1. The molecule has 0 aliphatic rings. The second kappa shape index (κ2) is 12.3. The third kappa shape index (κ3) is 4.65. The van der Waals surface area contributed by atoms with E-state index in [1.165, 1.54) is 31.5 Å². The molecule has 8 aromatic carbocycles. The molecule has 0 aliphatic carbocycles. The van der Waals surface area contributed by atoms with Gasteiger partial charge in [-0.25, -0.2) is 0 Å². The molecule has 52 heavy (non-hydrogen) atoms. The minimum Gasteiger partial charge on any atom is -0.456 e. The lowest BCUT2D eigenvalue weighted by molar-refractivity contribution is 0.669. The summed E-state index contributed by atoms with van der Waals surface area (Å²) in [7, 11) is -2.94. The van der Waals surface area contributed by atoms with Crippen molar-refractivity contribution < 1.29 is 13.3 Å². The summed E-state index contributed by atoms with van der Waals surface area (Å²) in [5, 5.41) is 12.0. The summed E-state index contributed by atoms with van der Waals surface area (Å²) in [5.74, 6) is 0. The summed E-state index contributed by atoms with van der Waals surface area (Å²) in [6.45, 7) is 0. The van der Waals surface area contributed by atoms with Crippen molar-refractivity contribution in [3.63, 3.8) is 0 Å². The third-order valence-corrected chi connectivity index (χ3v) is 15.1. The summed E-state index contributed by atoms with van der Waals surface area (Å²) in [4.78, 5) is 0. The molecule has 11 rings (SSSR count). The van der Waals surface area contributed by atoms with Crippen LogP contribution in [0.5, 0.6) is 0 Å². The molecule has 0 aliphatic heterocycles. The van der Waals surface area contributed by atoms with Crippen molar-refractivity contribution in [3.8, 4) is 0 Å². The molecular formula is C48H32O3Si. The largest absolute Gasteiger partial charge is 0.456 e. The Hall–Kier alpha value is -6.62. The summed E-state index contributed by atoms with van der Waals surface area (Å²) in [5.41, 5.74) is 5.64. The Balaban J connectivity index is 0.000000218. The Morgan fingerprint density at radius 3 is 0.962 bits per heavy atom. The van der Waals surface area contributed by atoms with Crippen molar-refractivity contribution in [2.75, 3.05) is 0 Å². The van der Waals surface area contributed by atoms with E-state index in [-0.39, 0.29) is 0 Å². The van der Waals surface area contributed by atoms with Gasteiger partial charge < -0.3 is 13.3 Å². The highest BCUT2D eigenvalue weighted by Gasteiger charge is 2.45. The molecular weight excluding hydrogens is 653 g/mol. The van der Waals surface area contributed by atoms with Gasteiger partial charge in [-0.3, -0.25) is 0 Å². The van der Waals surface area contributed by atoms with Gasteiger partial charge >= 0.3 is 0 Å². The number of para-hydroxylation sites is 6. The molecule has 0 atom stereocenters. The van der Waals surface area contributed by atoms with E-state index in [0.717, 1.165) is 55.0 Å². The maximum absolute atomic E-state index is 6.73. The number of fused-ring (bicyclic) bond motifs is 9. The first-order valence-electron chi connectivity index (χ1n) is 17.6. The van der Waals surface area contributed by atoms with Crippen molar-refractivity contribution >= 4 is 94.6 Å². The first kappa shape index (κ1) is 30.2. The van der Waals surface area contributed by atoms with Gasteiger partial charge in [0.1, 0.15) is 33.5 Å². The highest BCUT2D eigenvalue weighted by molar-refractivity contribution is 7.21. The Morgan fingerprint density at radius 1 is 0.250 bits per heavy atom. The predicted octanol–water partition coefficient (Wildman–Crippen LogP) is 10.4. The minimum atomic E-state index is -2.94. The lowest BCUT2D eigenvalue weighted by Gasteiger charge is -2.34. The average Bonchev–Trinajstić information content (AvgIpc) is 3.91. The zero-order valence-electron chi connectivity index (χ0n) is 28.2. The van der Waals surface area contributed by atoms with Crippen LogP contribution in [0.15, 0.2) is 207 Å². The van der Waals surface area contributed by atoms with Gasteiger partial charge in [0.2, 0.25) is 0 Å². The fourth-order valence-corrected chi connectivity index (χ4v) is 13.1. The zero-order chi connectivity index (χ0) is 34.5. The molecule has 0 saturated heterocycles. The summed E-state index contributed by atoms with van der Waals surface area (Å²) >= 11 is 0. The van der Waals surface area contributed by atoms with Crippen LogP contribution in [0.1, 0.15) is 0 Å². The molecule has 0 spiro atoms. The Bertz CT molecular complexity index is 2820. The number of hydrogen-bond acceptors (Lipinski definition) is 3. The van der Waals surface area contributed by atoms with Crippen LogP contribution >= 0.6 is 0 Å². The molecule has 246 valence electrons. The quantitative estimate of drug-likeness (QED) is 0.137. The van der Waals surface area contributed by atoms with Gasteiger partial charge in [0.05, 0.1) is 0 Å². The predicted molar refractivity (Wildman–Crippen MR) is 218 cm³/mol. The maximum atomic E-state index is 6.73. The van der Waals surface area contributed by atoms with Gasteiger partial charge in [-0.2, -0.15) is 0 Å². The van der Waals surface area contributed by atoms with Crippen molar-refractivity contribution in [1.82, 2.24) is 0 Å². The van der Waals surface area contributed by atoms with E-state index in [1.807, 2.05) is 48.5 Å². The second-order valence-corrected chi connectivity index (χ2v) is 16.9. The molecule has 0 N–H and O–H groups in total.